The molecule has 3 fully saturated rings. The number of hydrogen-bond acceptors (Lipinski definition) is 3. The van der Waals surface area contributed by atoms with Gasteiger partial charge in [0.1, 0.15) is 0 Å². The molecule has 0 amide bonds. The molecule has 3 rings (SSSR count). The minimum absolute atomic E-state index is 0.314. The molecule has 2 heterocycles. The number of piperazine rings is 1. The fourth-order valence-electron chi connectivity index (χ4n) is 5.24. The summed E-state index contributed by atoms with van der Waals surface area (Å²) < 4.78 is 0. The van der Waals surface area contributed by atoms with Crippen LogP contribution in [0.5, 0.6) is 0 Å². The third kappa shape index (κ3) is 3.02. The van der Waals surface area contributed by atoms with Gasteiger partial charge in [0.2, 0.25) is 0 Å². The summed E-state index contributed by atoms with van der Waals surface area (Å²) in [4.78, 5) is 5.60. The van der Waals surface area contributed by atoms with Gasteiger partial charge in [0.25, 0.3) is 0 Å². The molecular formula is C18H35N3. The Kier molecular flexibility index (Phi) is 4.92. The first-order chi connectivity index (χ1) is 10.2. The fourth-order valence-corrected chi connectivity index (χ4v) is 5.24. The molecule has 3 nitrogen and oxygen atoms in total. The highest BCUT2D eigenvalue weighted by atomic mass is 15.3. The molecule has 1 aliphatic carbocycles. The van der Waals surface area contributed by atoms with E-state index in [4.69, 9.17) is 5.73 Å². The van der Waals surface area contributed by atoms with Crippen LogP contribution in [0, 0.1) is 5.92 Å². The molecule has 3 heteroatoms. The second kappa shape index (κ2) is 6.55. The van der Waals surface area contributed by atoms with E-state index >= 15 is 0 Å². The minimum Gasteiger partial charge on any atom is -0.329 e. The first-order valence-electron chi connectivity index (χ1n) is 9.39. The van der Waals surface area contributed by atoms with Crippen LogP contribution in [0.3, 0.4) is 0 Å². The van der Waals surface area contributed by atoms with Crippen molar-refractivity contribution in [2.24, 2.45) is 11.7 Å². The average Bonchev–Trinajstić information content (AvgIpc) is 2.54. The summed E-state index contributed by atoms with van der Waals surface area (Å²) >= 11 is 0. The second-order valence-electron chi connectivity index (χ2n) is 7.93. The molecule has 0 aromatic rings. The lowest BCUT2D eigenvalue weighted by atomic mass is 9.73. The van der Waals surface area contributed by atoms with Gasteiger partial charge >= 0.3 is 0 Å². The molecule has 122 valence electrons. The summed E-state index contributed by atoms with van der Waals surface area (Å²) in [6.45, 7) is 9.52. The Morgan fingerprint density at radius 2 is 1.86 bits per heavy atom. The molecule has 0 bridgehead atoms. The van der Waals surface area contributed by atoms with Crippen molar-refractivity contribution in [3.05, 3.63) is 0 Å². The molecule has 21 heavy (non-hydrogen) atoms. The van der Waals surface area contributed by atoms with E-state index in [0.717, 1.165) is 18.5 Å². The molecular weight excluding hydrogens is 258 g/mol. The van der Waals surface area contributed by atoms with Crippen molar-refractivity contribution >= 4 is 0 Å². The maximum absolute atomic E-state index is 6.33. The van der Waals surface area contributed by atoms with Gasteiger partial charge in [-0.05, 0) is 57.9 Å². The quantitative estimate of drug-likeness (QED) is 0.868. The average molecular weight is 293 g/mol. The van der Waals surface area contributed by atoms with E-state index in [-0.39, 0.29) is 0 Å². The maximum Gasteiger partial charge on any atom is 0.0335 e. The van der Waals surface area contributed by atoms with Gasteiger partial charge in [-0.2, -0.15) is 0 Å². The van der Waals surface area contributed by atoms with Crippen molar-refractivity contribution in [3.8, 4) is 0 Å². The molecule has 0 spiro atoms. The molecule has 2 atom stereocenters. The summed E-state index contributed by atoms with van der Waals surface area (Å²) in [5.41, 5.74) is 6.65. The van der Waals surface area contributed by atoms with E-state index in [0.29, 0.717) is 11.6 Å². The number of nitrogens with zero attached hydrogens (tertiary/aromatic N) is 2. The van der Waals surface area contributed by atoms with Crippen LogP contribution < -0.4 is 5.73 Å². The van der Waals surface area contributed by atoms with Crippen LogP contribution in [0.2, 0.25) is 0 Å². The molecule has 2 aliphatic heterocycles. The van der Waals surface area contributed by atoms with Crippen LogP contribution >= 0.6 is 0 Å². The highest BCUT2D eigenvalue weighted by Crippen LogP contribution is 2.40. The van der Waals surface area contributed by atoms with E-state index in [1.807, 2.05) is 0 Å². The molecule has 3 aliphatic rings. The molecule has 2 N–H and O–H groups in total. The molecule has 2 unspecified atom stereocenters. The van der Waals surface area contributed by atoms with E-state index in [1.54, 1.807) is 0 Å². The maximum atomic E-state index is 6.33. The van der Waals surface area contributed by atoms with E-state index in [2.05, 4.69) is 23.6 Å². The zero-order valence-electron chi connectivity index (χ0n) is 14.2. The Labute approximate surface area is 131 Å². The van der Waals surface area contributed by atoms with Crippen molar-refractivity contribution in [1.82, 2.24) is 9.80 Å². The fraction of sp³-hybridized carbons (Fsp3) is 1.00. The van der Waals surface area contributed by atoms with Crippen LogP contribution in [0.15, 0.2) is 0 Å². The van der Waals surface area contributed by atoms with Crippen molar-refractivity contribution < 1.29 is 0 Å². The zero-order valence-corrected chi connectivity index (χ0v) is 14.2. The van der Waals surface area contributed by atoms with Gasteiger partial charge in [0.15, 0.2) is 0 Å². The van der Waals surface area contributed by atoms with Gasteiger partial charge in [0.05, 0.1) is 0 Å². The highest BCUT2D eigenvalue weighted by molar-refractivity contribution is 5.02. The van der Waals surface area contributed by atoms with Gasteiger partial charge in [0, 0.05) is 37.3 Å². The lowest BCUT2D eigenvalue weighted by Gasteiger charge is -2.56. The van der Waals surface area contributed by atoms with Crippen molar-refractivity contribution in [3.63, 3.8) is 0 Å². The lowest BCUT2D eigenvalue weighted by molar-refractivity contribution is -0.0630. The number of hydrogen-bond donors (Lipinski definition) is 1. The topological polar surface area (TPSA) is 32.5 Å². The molecule has 0 aromatic carbocycles. The third-order valence-corrected chi connectivity index (χ3v) is 6.79. The molecule has 0 aromatic heterocycles. The predicted molar refractivity (Wildman–Crippen MR) is 89.4 cm³/mol. The summed E-state index contributed by atoms with van der Waals surface area (Å²) in [6.07, 6.45) is 11.0. The summed E-state index contributed by atoms with van der Waals surface area (Å²) in [5, 5.41) is 0. The van der Waals surface area contributed by atoms with Gasteiger partial charge in [-0.3, -0.25) is 9.80 Å². The van der Waals surface area contributed by atoms with Gasteiger partial charge in [-0.15, -0.1) is 0 Å². The Bertz CT molecular complexity index is 335. The highest BCUT2D eigenvalue weighted by Gasteiger charge is 2.45. The smallest absolute Gasteiger partial charge is 0.0335 e. The van der Waals surface area contributed by atoms with Crippen molar-refractivity contribution in [2.45, 2.75) is 82.8 Å². The largest absolute Gasteiger partial charge is 0.329 e. The number of piperidine rings is 1. The number of fused-ring (bicyclic) bond motifs is 1. The van der Waals surface area contributed by atoms with Crippen LogP contribution in [-0.4, -0.2) is 53.6 Å². The van der Waals surface area contributed by atoms with E-state index in [9.17, 15) is 0 Å². The van der Waals surface area contributed by atoms with E-state index in [1.165, 1.54) is 71.0 Å². The van der Waals surface area contributed by atoms with Crippen LogP contribution in [0.4, 0.5) is 0 Å². The van der Waals surface area contributed by atoms with Crippen molar-refractivity contribution in [1.29, 1.82) is 0 Å². The molecule has 0 radical (unpaired) electrons. The SMILES string of the molecule is CCC1CCC(CN)(N2CC3CCCCN3CC2C)CC1. The van der Waals surface area contributed by atoms with Crippen molar-refractivity contribution in [2.75, 3.05) is 26.2 Å². The second-order valence-corrected chi connectivity index (χ2v) is 7.93. The van der Waals surface area contributed by atoms with Crippen LogP contribution in [0.1, 0.15) is 65.2 Å². The Morgan fingerprint density at radius 3 is 2.52 bits per heavy atom. The predicted octanol–water partition coefficient (Wildman–Crippen LogP) is 2.84. The zero-order chi connectivity index (χ0) is 14.9. The van der Waals surface area contributed by atoms with Gasteiger partial charge < -0.3 is 5.73 Å². The van der Waals surface area contributed by atoms with Crippen LogP contribution in [0.25, 0.3) is 0 Å². The monoisotopic (exact) mass is 293 g/mol. The summed E-state index contributed by atoms with van der Waals surface area (Å²) in [7, 11) is 0. The Balaban J connectivity index is 1.71. The lowest BCUT2D eigenvalue weighted by Crippen LogP contribution is -2.67. The van der Waals surface area contributed by atoms with E-state index < -0.39 is 0 Å². The van der Waals surface area contributed by atoms with Gasteiger partial charge in [-0.25, -0.2) is 0 Å². The van der Waals surface area contributed by atoms with Gasteiger partial charge in [-0.1, -0.05) is 19.8 Å². The summed E-state index contributed by atoms with van der Waals surface area (Å²) in [5.74, 6) is 0.955. The molecule has 2 saturated heterocycles. The number of rotatable bonds is 3. The van der Waals surface area contributed by atoms with Crippen LogP contribution in [-0.2, 0) is 0 Å². The number of nitrogens with two attached hydrogens (primary N) is 1. The summed E-state index contributed by atoms with van der Waals surface area (Å²) in [6, 6.07) is 1.49. The first kappa shape index (κ1) is 15.8. The Morgan fingerprint density at radius 1 is 1.10 bits per heavy atom. The Hall–Kier alpha value is -0.120. The minimum atomic E-state index is 0.314. The standard InChI is InChI=1S/C18H35N3/c1-3-16-7-9-18(14-19,10-8-16)21-13-17-6-4-5-11-20(17)12-15(21)2/h15-17H,3-14,19H2,1-2H3. The first-order valence-corrected chi connectivity index (χ1v) is 9.39. The molecule has 1 saturated carbocycles. The normalized spacial score (nSPS) is 42.7. The third-order valence-electron chi connectivity index (χ3n) is 6.79.